The number of hydrogen-bond donors (Lipinski definition) is 1. The highest BCUT2D eigenvalue weighted by Crippen LogP contribution is 2.29. The van der Waals surface area contributed by atoms with Crippen LogP contribution in [0, 0.1) is 5.92 Å². The highest BCUT2D eigenvalue weighted by Gasteiger charge is 2.22. The fraction of sp³-hybridized carbons (Fsp3) is 0.818. The third-order valence-corrected chi connectivity index (χ3v) is 3.34. The maximum Gasteiger partial charge on any atom is 0.0571 e. The van der Waals surface area contributed by atoms with Crippen molar-refractivity contribution in [2.24, 2.45) is 5.92 Å². The van der Waals surface area contributed by atoms with Crippen LogP contribution in [0.15, 0.2) is 11.1 Å². The predicted molar refractivity (Wildman–Crippen MR) is 56.8 cm³/mol. The minimum atomic E-state index is -0.103. The van der Waals surface area contributed by atoms with Crippen molar-refractivity contribution < 1.29 is 5.11 Å². The predicted octanol–water partition coefficient (Wildman–Crippen LogP) is 3.46. The third kappa shape index (κ3) is 3.70. The van der Waals surface area contributed by atoms with E-state index in [0.29, 0.717) is 5.92 Å². The Morgan fingerprint density at radius 3 is 2.69 bits per heavy atom. The summed E-state index contributed by atoms with van der Waals surface area (Å²) in [6.45, 7) is 2.01. The van der Waals surface area contributed by atoms with Crippen LogP contribution in [0.2, 0.25) is 0 Å². The second-order valence-corrected chi connectivity index (χ2v) is 4.32. The van der Waals surface area contributed by atoms with Gasteiger partial charge in [-0.2, -0.15) is 0 Å². The molecule has 76 valence electrons. The van der Waals surface area contributed by atoms with Gasteiger partial charge in [-0.15, -0.1) is 0 Å². The van der Waals surface area contributed by atoms with Gasteiger partial charge < -0.3 is 5.11 Å². The van der Waals surface area contributed by atoms with Crippen LogP contribution in [0.1, 0.15) is 45.4 Å². The highest BCUT2D eigenvalue weighted by atomic mass is 35.5. The average molecular weight is 203 g/mol. The lowest BCUT2D eigenvalue weighted by Gasteiger charge is -2.17. The van der Waals surface area contributed by atoms with Crippen LogP contribution < -0.4 is 0 Å². The van der Waals surface area contributed by atoms with Crippen LogP contribution in [0.5, 0.6) is 0 Å². The topological polar surface area (TPSA) is 20.2 Å². The quantitative estimate of drug-likeness (QED) is 0.741. The molecule has 1 rings (SSSR count). The Hall–Kier alpha value is -0.0100. The van der Waals surface area contributed by atoms with Crippen molar-refractivity contribution in [3.63, 3.8) is 0 Å². The molecule has 0 aromatic rings. The molecule has 0 spiro atoms. The molecule has 0 heterocycles. The highest BCUT2D eigenvalue weighted by molar-refractivity contribution is 6.25. The normalized spacial score (nSPS) is 22.2. The molecule has 1 N–H and O–H groups in total. The molecular weight excluding hydrogens is 184 g/mol. The van der Waals surface area contributed by atoms with Crippen molar-refractivity contribution in [3.8, 4) is 0 Å². The Morgan fingerprint density at radius 2 is 2.15 bits per heavy atom. The van der Waals surface area contributed by atoms with Gasteiger partial charge in [-0.25, -0.2) is 0 Å². The third-order valence-electron chi connectivity index (χ3n) is 2.96. The van der Waals surface area contributed by atoms with Gasteiger partial charge in [0.1, 0.15) is 0 Å². The summed E-state index contributed by atoms with van der Waals surface area (Å²) in [4.78, 5) is 0. The first-order chi connectivity index (χ1) is 6.24. The molecule has 1 aliphatic carbocycles. The van der Waals surface area contributed by atoms with Crippen LogP contribution in [-0.4, -0.2) is 11.2 Å². The Morgan fingerprint density at radius 1 is 1.54 bits per heavy atom. The molecule has 0 bridgehead atoms. The summed E-state index contributed by atoms with van der Waals surface area (Å²) in [7, 11) is 0. The molecule has 0 aromatic carbocycles. The Kier molecular flexibility index (Phi) is 4.82. The van der Waals surface area contributed by atoms with Gasteiger partial charge in [0.2, 0.25) is 0 Å². The summed E-state index contributed by atoms with van der Waals surface area (Å²) < 4.78 is 0. The summed E-state index contributed by atoms with van der Waals surface area (Å²) in [5, 5.41) is 9.82. The van der Waals surface area contributed by atoms with E-state index in [2.05, 4.69) is 0 Å². The standard InChI is InChI=1S/C11H19ClO/c1-9(8-12)6-7-11(13)10-4-2-3-5-10/h8,10-11,13H,2-7H2,1H3. The van der Waals surface area contributed by atoms with Gasteiger partial charge in [0.15, 0.2) is 0 Å². The molecule has 1 atom stereocenters. The molecule has 0 aliphatic heterocycles. The van der Waals surface area contributed by atoms with Crippen molar-refractivity contribution in [2.75, 3.05) is 0 Å². The van der Waals surface area contributed by atoms with Gasteiger partial charge in [-0.05, 0) is 38.5 Å². The minimum absolute atomic E-state index is 0.103. The van der Waals surface area contributed by atoms with Crippen molar-refractivity contribution in [1.82, 2.24) is 0 Å². The van der Waals surface area contributed by atoms with Crippen molar-refractivity contribution >= 4 is 11.6 Å². The van der Waals surface area contributed by atoms with E-state index in [9.17, 15) is 5.11 Å². The SMILES string of the molecule is CC(=CCl)CCC(O)C1CCCC1. The molecule has 1 unspecified atom stereocenters. The van der Waals surface area contributed by atoms with Gasteiger partial charge >= 0.3 is 0 Å². The van der Waals surface area contributed by atoms with E-state index in [1.165, 1.54) is 31.3 Å². The molecule has 0 aromatic heterocycles. The summed E-state index contributed by atoms with van der Waals surface area (Å²) in [6.07, 6.45) is 6.73. The summed E-state index contributed by atoms with van der Waals surface area (Å²) in [5.74, 6) is 0.558. The summed E-state index contributed by atoms with van der Waals surface area (Å²) >= 11 is 5.55. The first-order valence-electron chi connectivity index (χ1n) is 5.18. The van der Waals surface area contributed by atoms with E-state index < -0.39 is 0 Å². The molecule has 1 aliphatic rings. The summed E-state index contributed by atoms with van der Waals surface area (Å²) in [6, 6.07) is 0. The van der Waals surface area contributed by atoms with Gasteiger partial charge in [0, 0.05) is 5.54 Å². The Bertz CT molecular complexity index is 171. The number of aliphatic hydroxyl groups is 1. The van der Waals surface area contributed by atoms with Crippen LogP contribution in [0.4, 0.5) is 0 Å². The second kappa shape index (κ2) is 5.66. The largest absolute Gasteiger partial charge is 0.393 e. The number of aliphatic hydroxyl groups excluding tert-OH is 1. The van der Waals surface area contributed by atoms with Crippen molar-refractivity contribution in [2.45, 2.75) is 51.6 Å². The number of halogens is 1. The second-order valence-electron chi connectivity index (χ2n) is 4.11. The molecule has 0 amide bonds. The van der Waals surface area contributed by atoms with Crippen LogP contribution in [0.3, 0.4) is 0 Å². The zero-order valence-electron chi connectivity index (χ0n) is 8.30. The Labute approximate surface area is 85.8 Å². The van der Waals surface area contributed by atoms with Crippen LogP contribution >= 0.6 is 11.6 Å². The van der Waals surface area contributed by atoms with Crippen molar-refractivity contribution in [1.29, 1.82) is 0 Å². The van der Waals surface area contributed by atoms with Crippen molar-refractivity contribution in [3.05, 3.63) is 11.1 Å². The van der Waals surface area contributed by atoms with E-state index in [1.54, 1.807) is 5.54 Å². The van der Waals surface area contributed by atoms with Gasteiger partial charge in [-0.3, -0.25) is 0 Å². The molecule has 1 saturated carbocycles. The molecule has 0 radical (unpaired) electrons. The zero-order chi connectivity index (χ0) is 9.68. The zero-order valence-corrected chi connectivity index (χ0v) is 9.06. The lowest BCUT2D eigenvalue weighted by molar-refractivity contribution is 0.102. The molecule has 1 fully saturated rings. The van der Waals surface area contributed by atoms with E-state index in [1.807, 2.05) is 6.92 Å². The first-order valence-corrected chi connectivity index (χ1v) is 5.61. The lowest BCUT2D eigenvalue weighted by Crippen LogP contribution is -2.17. The Balaban J connectivity index is 2.20. The maximum absolute atomic E-state index is 9.82. The van der Waals surface area contributed by atoms with E-state index in [-0.39, 0.29) is 6.10 Å². The smallest absolute Gasteiger partial charge is 0.0571 e. The van der Waals surface area contributed by atoms with E-state index in [0.717, 1.165) is 12.8 Å². The summed E-state index contributed by atoms with van der Waals surface area (Å²) in [5.41, 5.74) is 2.78. The molecule has 2 heteroatoms. The van der Waals surface area contributed by atoms with Crippen LogP contribution in [-0.2, 0) is 0 Å². The lowest BCUT2D eigenvalue weighted by atomic mass is 9.96. The number of hydrogen-bond acceptors (Lipinski definition) is 1. The molecule has 1 nitrogen and oxygen atoms in total. The molecule has 13 heavy (non-hydrogen) atoms. The van der Waals surface area contributed by atoms with Crippen LogP contribution in [0.25, 0.3) is 0 Å². The first kappa shape index (κ1) is 11.1. The minimum Gasteiger partial charge on any atom is -0.393 e. The van der Waals surface area contributed by atoms with Gasteiger partial charge in [-0.1, -0.05) is 30.0 Å². The maximum atomic E-state index is 9.82. The molecule has 0 saturated heterocycles. The fourth-order valence-electron chi connectivity index (χ4n) is 2.01. The average Bonchev–Trinajstić information content (AvgIpc) is 2.66. The van der Waals surface area contributed by atoms with E-state index >= 15 is 0 Å². The fourth-order valence-corrected chi connectivity index (χ4v) is 2.12. The number of allylic oxidation sites excluding steroid dienone is 1. The van der Waals surface area contributed by atoms with Gasteiger partial charge in [0.05, 0.1) is 6.10 Å². The van der Waals surface area contributed by atoms with Gasteiger partial charge in [0.25, 0.3) is 0 Å². The monoisotopic (exact) mass is 202 g/mol. The number of rotatable bonds is 4. The van der Waals surface area contributed by atoms with E-state index in [4.69, 9.17) is 11.6 Å². The molecular formula is C11H19ClO.